The number of aromatic nitrogens is 2. The molecule has 0 saturated carbocycles. The average Bonchev–Trinajstić information content (AvgIpc) is 2.72. The molecule has 0 saturated heterocycles. The lowest BCUT2D eigenvalue weighted by molar-refractivity contribution is 0.0945. The maximum absolute atomic E-state index is 13.0. The molecule has 0 spiro atoms. The highest BCUT2D eigenvalue weighted by Crippen LogP contribution is 2.30. The minimum atomic E-state index is -0.352. The van der Waals surface area contributed by atoms with Crippen molar-refractivity contribution in [2.75, 3.05) is 19.5 Å². The van der Waals surface area contributed by atoms with Gasteiger partial charge in [0.2, 0.25) is 5.95 Å². The first-order valence-electron chi connectivity index (χ1n) is 8.86. The molecule has 0 aliphatic heterocycles. The van der Waals surface area contributed by atoms with Crippen molar-refractivity contribution in [1.29, 1.82) is 0 Å². The van der Waals surface area contributed by atoms with E-state index in [1.807, 2.05) is 0 Å². The zero-order valence-corrected chi connectivity index (χ0v) is 16.3. The summed E-state index contributed by atoms with van der Waals surface area (Å²) in [5.41, 5.74) is 2.33. The molecule has 0 atom stereocenters. The van der Waals surface area contributed by atoms with Crippen molar-refractivity contribution in [3.05, 3.63) is 71.3 Å². The fraction of sp³-hybridized carbons (Fsp3) is 0.190. The van der Waals surface area contributed by atoms with Crippen LogP contribution < -0.4 is 20.1 Å². The molecule has 2 aromatic carbocycles. The van der Waals surface area contributed by atoms with E-state index in [1.165, 1.54) is 12.1 Å². The van der Waals surface area contributed by atoms with Gasteiger partial charge in [0.25, 0.3) is 5.91 Å². The lowest BCUT2D eigenvalue weighted by Crippen LogP contribution is -2.24. The van der Waals surface area contributed by atoms with Crippen LogP contribution in [0.15, 0.2) is 48.5 Å². The van der Waals surface area contributed by atoms with E-state index in [9.17, 15) is 9.18 Å². The van der Waals surface area contributed by atoms with E-state index in [4.69, 9.17) is 9.47 Å². The molecule has 8 heteroatoms. The van der Waals surface area contributed by atoms with Gasteiger partial charge in [0.05, 0.1) is 14.2 Å². The zero-order chi connectivity index (χ0) is 20.8. The van der Waals surface area contributed by atoms with Crippen LogP contribution in [0.2, 0.25) is 0 Å². The topological polar surface area (TPSA) is 85.4 Å². The Balaban J connectivity index is 1.73. The highest BCUT2D eigenvalue weighted by molar-refractivity contribution is 5.92. The van der Waals surface area contributed by atoms with Crippen LogP contribution in [-0.2, 0) is 6.54 Å². The first kappa shape index (κ1) is 20.1. The Morgan fingerprint density at radius 3 is 2.41 bits per heavy atom. The van der Waals surface area contributed by atoms with Gasteiger partial charge in [0.1, 0.15) is 11.5 Å². The van der Waals surface area contributed by atoms with E-state index < -0.39 is 0 Å². The van der Waals surface area contributed by atoms with Gasteiger partial charge in [-0.15, -0.1) is 0 Å². The fourth-order valence-electron chi connectivity index (χ4n) is 2.66. The number of methoxy groups -OCH3 is 2. The quantitative estimate of drug-likeness (QED) is 0.635. The third-order valence-electron chi connectivity index (χ3n) is 4.09. The number of nitrogens with one attached hydrogen (secondary N) is 2. The van der Waals surface area contributed by atoms with Crippen LogP contribution in [0, 0.1) is 12.7 Å². The van der Waals surface area contributed by atoms with Gasteiger partial charge in [-0.3, -0.25) is 4.79 Å². The van der Waals surface area contributed by atoms with Gasteiger partial charge in [0.15, 0.2) is 11.5 Å². The fourth-order valence-corrected chi connectivity index (χ4v) is 2.66. The summed E-state index contributed by atoms with van der Waals surface area (Å²) in [6.45, 7) is 2.04. The summed E-state index contributed by atoms with van der Waals surface area (Å²) in [6.07, 6.45) is 0. The normalized spacial score (nSPS) is 10.3. The van der Waals surface area contributed by atoms with Gasteiger partial charge < -0.3 is 20.1 Å². The SMILES string of the molecule is COc1ccc(Nc2nc(C)cc(C(=O)NCc3ccc(F)cc3)n2)cc1OC. The number of hydrogen-bond donors (Lipinski definition) is 2. The summed E-state index contributed by atoms with van der Waals surface area (Å²) < 4.78 is 23.5. The number of rotatable bonds is 7. The van der Waals surface area contributed by atoms with Crippen LogP contribution in [0.25, 0.3) is 0 Å². The van der Waals surface area contributed by atoms with Crippen molar-refractivity contribution in [2.24, 2.45) is 0 Å². The third-order valence-corrected chi connectivity index (χ3v) is 4.09. The monoisotopic (exact) mass is 396 g/mol. The number of carbonyl (C=O) groups is 1. The van der Waals surface area contributed by atoms with Crippen molar-refractivity contribution >= 4 is 17.5 Å². The van der Waals surface area contributed by atoms with Gasteiger partial charge in [-0.25, -0.2) is 14.4 Å². The number of hydrogen-bond acceptors (Lipinski definition) is 6. The summed E-state index contributed by atoms with van der Waals surface area (Å²) >= 11 is 0. The highest BCUT2D eigenvalue weighted by atomic mass is 19.1. The van der Waals surface area contributed by atoms with Crippen LogP contribution in [0.5, 0.6) is 11.5 Å². The van der Waals surface area contributed by atoms with Gasteiger partial charge in [-0.2, -0.15) is 0 Å². The molecule has 0 aliphatic carbocycles. The Bertz CT molecular complexity index is 1010. The maximum atomic E-state index is 13.0. The van der Waals surface area contributed by atoms with Crippen LogP contribution >= 0.6 is 0 Å². The molecule has 1 amide bonds. The van der Waals surface area contributed by atoms with Crippen molar-refractivity contribution < 1.29 is 18.7 Å². The summed E-state index contributed by atoms with van der Waals surface area (Å²) in [5, 5.41) is 5.84. The number of aryl methyl sites for hydroxylation is 1. The second-order valence-corrected chi connectivity index (χ2v) is 6.22. The predicted molar refractivity (Wildman–Crippen MR) is 107 cm³/mol. The van der Waals surface area contributed by atoms with Crippen LogP contribution in [0.1, 0.15) is 21.7 Å². The summed E-state index contributed by atoms with van der Waals surface area (Å²) in [6, 6.07) is 12.8. The molecule has 0 aliphatic rings. The standard InChI is InChI=1S/C21H21FN4O3/c1-13-10-17(20(27)23-12-14-4-6-15(22)7-5-14)26-21(24-13)25-16-8-9-18(28-2)19(11-16)29-3/h4-11H,12H2,1-3H3,(H,23,27)(H,24,25,26). The van der Waals surface area contributed by atoms with Crippen LogP contribution in [0.4, 0.5) is 16.0 Å². The number of nitrogens with zero attached hydrogens (tertiary/aromatic N) is 2. The second kappa shape index (κ2) is 9.01. The Morgan fingerprint density at radius 2 is 1.72 bits per heavy atom. The number of ether oxygens (including phenoxy) is 2. The number of benzene rings is 2. The lowest BCUT2D eigenvalue weighted by atomic mass is 10.2. The van der Waals surface area contributed by atoms with Gasteiger partial charge in [-0.05, 0) is 42.8 Å². The molecule has 0 bridgehead atoms. The Kier molecular flexibility index (Phi) is 6.23. The van der Waals surface area contributed by atoms with Crippen molar-refractivity contribution in [1.82, 2.24) is 15.3 Å². The molecule has 0 unspecified atom stereocenters. The predicted octanol–water partition coefficient (Wildman–Crippen LogP) is 3.61. The van der Waals surface area contributed by atoms with E-state index in [1.54, 1.807) is 57.5 Å². The molecule has 29 heavy (non-hydrogen) atoms. The van der Waals surface area contributed by atoms with Gasteiger partial charge in [-0.1, -0.05) is 12.1 Å². The Labute approximate surface area is 167 Å². The first-order chi connectivity index (χ1) is 14.0. The molecule has 1 heterocycles. The number of carbonyl (C=O) groups excluding carboxylic acids is 1. The first-order valence-corrected chi connectivity index (χ1v) is 8.86. The summed E-state index contributed by atoms with van der Waals surface area (Å²) in [4.78, 5) is 21.1. The van der Waals surface area contributed by atoms with Crippen molar-refractivity contribution in [3.63, 3.8) is 0 Å². The van der Waals surface area contributed by atoms with E-state index >= 15 is 0 Å². The van der Waals surface area contributed by atoms with E-state index in [-0.39, 0.29) is 29.9 Å². The summed E-state index contributed by atoms with van der Waals surface area (Å²) in [7, 11) is 3.11. The molecule has 3 rings (SSSR count). The molecule has 0 fully saturated rings. The highest BCUT2D eigenvalue weighted by Gasteiger charge is 2.12. The molecule has 7 nitrogen and oxygen atoms in total. The van der Waals surface area contributed by atoms with E-state index in [0.717, 1.165) is 5.56 Å². The summed E-state index contributed by atoms with van der Waals surface area (Å²) in [5.74, 6) is 0.767. The Morgan fingerprint density at radius 1 is 1.00 bits per heavy atom. The zero-order valence-electron chi connectivity index (χ0n) is 16.3. The largest absolute Gasteiger partial charge is 0.493 e. The minimum absolute atomic E-state index is 0.225. The molecule has 1 aromatic heterocycles. The molecule has 3 aromatic rings. The van der Waals surface area contributed by atoms with E-state index in [2.05, 4.69) is 20.6 Å². The average molecular weight is 396 g/mol. The maximum Gasteiger partial charge on any atom is 0.270 e. The van der Waals surface area contributed by atoms with E-state index in [0.29, 0.717) is 22.9 Å². The minimum Gasteiger partial charge on any atom is -0.493 e. The van der Waals surface area contributed by atoms with Crippen LogP contribution in [0.3, 0.4) is 0 Å². The van der Waals surface area contributed by atoms with Crippen molar-refractivity contribution in [2.45, 2.75) is 13.5 Å². The molecule has 150 valence electrons. The molecular formula is C21H21FN4O3. The van der Waals surface area contributed by atoms with Crippen molar-refractivity contribution in [3.8, 4) is 11.5 Å². The molecular weight excluding hydrogens is 375 g/mol. The lowest BCUT2D eigenvalue weighted by Gasteiger charge is -2.12. The second-order valence-electron chi connectivity index (χ2n) is 6.22. The Hall–Kier alpha value is -3.68. The van der Waals surface area contributed by atoms with Gasteiger partial charge in [0, 0.05) is 24.0 Å². The van der Waals surface area contributed by atoms with Gasteiger partial charge >= 0.3 is 0 Å². The smallest absolute Gasteiger partial charge is 0.270 e. The molecule has 0 radical (unpaired) electrons. The number of amides is 1. The van der Waals surface area contributed by atoms with Crippen LogP contribution in [-0.4, -0.2) is 30.1 Å². The number of halogens is 1. The third kappa shape index (κ3) is 5.19. The molecule has 2 N–H and O–H groups in total. The number of anilines is 2.